The van der Waals surface area contributed by atoms with Crippen LogP contribution in [0.3, 0.4) is 0 Å². The van der Waals surface area contributed by atoms with E-state index in [0.717, 1.165) is 13.8 Å². The van der Waals surface area contributed by atoms with Gasteiger partial charge >= 0.3 is 29.6 Å². The van der Waals surface area contributed by atoms with Gasteiger partial charge in [-0.1, -0.05) is 0 Å². The molecule has 0 aromatic rings. The fourth-order valence-corrected chi connectivity index (χ4v) is 0.144. The molecular weight excluding hydrogens is 217 g/mol. The predicted molar refractivity (Wildman–Crippen MR) is 45.6 cm³/mol. The van der Waals surface area contributed by atoms with E-state index in [4.69, 9.17) is 19.8 Å². The molecule has 0 saturated carbocycles. The van der Waals surface area contributed by atoms with Gasteiger partial charge in [-0.15, -0.1) is 0 Å². The van der Waals surface area contributed by atoms with Gasteiger partial charge in [0.2, 0.25) is 0 Å². The van der Waals surface area contributed by atoms with Gasteiger partial charge in [0.05, 0.1) is 5.97 Å². The molecule has 7 nitrogen and oxygen atoms in total. The van der Waals surface area contributed by atoms with Crippen molar-refractivity contribution in [1.82, 2.24) is 5.32 Å². The fourth-order valence-electron chi connectivity index (χ4n) is 0.144. The first kappa shape index (κ1) is 23.9. The SMILES string of the molecule is CC(=O)O.CC(=O)O.CNCC(=O)[O-].[Na+]. The molecule has 0 aromatic heterocycles. The smallest absolute Gasteiger partial charge is 0.549 e. The minimum absolute atomic E-state index is 0. The van der Waals surface area contributed by atoms with E-state index in [9.17, 15) is 9.90 Å². The van der Waals surface area contributed by atoms with Crippen LogP contribution < -0.4 is 40.0 Å². The standard InChI is InChI=1S/C3H7NO2.2C2H4O2.Na/c1-4-2-3(5)6;2*1-2(3)4;/h4H,2H2,1H3,(H,5,6);2*1H3,(H,3,4);/q;;;+1/p-1. The summed E-state index contributed by atoms with van der Waals surface area (Å²) >= 11 is 0. The van der Waals surface area contributed by atoms with Gasteiger partial charge in [0, 0.05) is 20.4 Å². The van der Waals surface area contributed by atoms with Crippen molar-refractivity contribution in [3.63, 3.8) is 0 Å². The second-order valence-electron chi connectivity index (χ2n) is 1.94. The Kier molecular flexibility index (Phi) is 30.3. The first-order valence-electron chi connectivity index (χ1n) is 3.47. The number of carbonyl (C=O) groups is 3. The van der Waals surface area contributed by atoms with Crippen molar-refractivity contribution < 1.29 is 59.3 Å². The molecule has 0 amide bonds. The van der Waals surface area contributed by atoms with Crippen LogP contribution in [0.25, 0.3) is 0 Å². The summed E-state index contributed by atoms with van der Waals surface area (Å²) in [6, 6.07) is 0. The maximum Gasteiger partial charge on any atom is 1.00 e. The first-order chi connectivity index (χ1) is 6.23. The normalized spacial score (nSPS) is 6.60. The summed E-state index contributed by atoms with van der Waals surface area (Å²) in [4.78, 5) is 27.4. The molecule has 0 heterocycles. The van der Waals surface area contributed by atoms with Crippen molar-refractivity contribution in [2.45, 2.75) is 13.8 Å². The molecule has 0 aliphatic carbocycles. The molecule has 84 valence electrons. The Labute approximate surface area is 110 Å². The van der Waals surface area contributed by atoms with Gasteiger partial charge in [-0.3, -0.25) is 9.59 Å². The third-order valence-electron chi connectivity index (χ3n) is 0.321. The average molecular weight is 231 g/mol. The molecule has 0 saturated heterocycles. The number of carbonyl (C=O) groups excluding carboxylic acids is 1. The van der Waals surface area contributed by atoms with Crippen LogP contribution in [0.15, 0.2) is 0 Å². The van der Waals surface area contributed by atoms with E-state index < -0.39 is 17.9 Å². The zero-order valence-corrected chi connectivity index (χ0v) is 11.2. The van der Waals surface area contributed by atoms with Crippen LogP contribution >= 0.6 is 0 Å². The van der Waals surface area contributed by atoms with Crippen LogP contribution in [-0.4, -0.2) is 41.7 Å². The van der Waals surface area contributed by atoms with E-state index in [1.54, 1.807) is 7.05 Å². The first-order valence-corrected chi connectivity index (χ1v) is 3.47. The van der Waals surface area contributed by atoms with Crippen LogP contribution in [-0.2, 0) is 14.4 Å². The van der Waals surface area contributed by atoms with Crippen LogP contribution in [0, 0.1) is 0 Å². The molecule has 0 atom stereocenters. The van der Waals surface area contributed by atoms with Crippen LogP contribution in [0.2, 0.25) is 0 Å². The average Bonchev–Trinajstić information content (AvgIpc) is 1.82. The molecule has 0 radical (unpaired) electrons. The quantitative estimate of drug-likeness (QED) is 0.407. The maximum atomic E-state index is 9.43. The van der Waals surface area contributed by atoms with Crippen molar-refractivity contribution in [3.8, 4) is 0 Å². The van der Waals surface area contributed by atoms with Gasteiger partial charge in [0.1, 0.15) is 0 Å². The molecule has 0 fully saturated rings. The molecule has 0 bridgehead atoms. The van der Waals surface area contributed by atoms with Crippen LogP contribution in [0.1, 0.15) is 13.8 Å². The van der Waals surface area contributed by atoms with Gasteiger partial charge in [-0.05, 0) is 7.05 Å². The van der Waals surface area contributed by atoms with E-state index in [-0.39, 0.29) is 36.1 Å². The van der Waals surface area contributed by atoms with Crippen LogP contribution in [0.4, 0.5) is 0 Å². The number of rotatable bonds is 2. The van der Waals surface area contributed by atoms with E-state index in [2.05, 4.69) is 5.32 Å². The summed E-state index contributed by atoms with van der Waals surface area (Å²) in [6.07, 6.45) is 0. The molecule has 15 heavy (non-hydrogen) atoms. The molecule has 0 aliphatic heterocycles. The van der Waals surface area contributed by atoms with Crippen molar-refractivity contribution >= 4 is 17.9 Å². The third-order valence-corrected chi connectivity index (χ3v) is 0.321. The van der Waals surface area contributed by atoms with Gasteiger partial charge in [0.25, 0.3) is 11.9 Å². The van der Waals surface area contributed by atoms with Crippen molar-refractivity contribution in [2.24, 2.45) is 0 Å². The molecule has 0 aromatic carbocycles. The summed E-state index contributed by atoms with van der Waals surface area (Å²) in [7, 11) is 1.55. The summed E-state index contributed by atoms with van der Waals surface area (Å²) < 4.78 is 0. The molecule has 8 heteroatoms. The largest absolute Gasteiger partial charge is 1.00 e. The Hall–Kier alpha value is -0.630. The van der Waals surface area contributed by atoms with Crippen LogP contribution in [0.5, 0.6) is 0 Å². The zero-order valence-electron chi connectivity index (χ0n) is 9.23. The Morgan fingerprint density at radius 1 is 1.13 bits per heavy atom. The van der Waals surface area contributed by atoms with E-state index >= 15 is 0 Å². The van der Waals surface area contributed by atoms with Gasteiger partial charge in [0.15, 0.2) is 0 Å². The molecule has 0 aliphatic rings. The summed E-state index contributed by atoms with van der Waals surface area (Å²) in [6.45, 7) is 2.10. The van der Waals surface area contributed by atoms with Crippen molar-refractivity contribution in [1.29, 1.82) is 0 Å². The second kappa shape index (κ2) is 19.0. The molecule has 0 spiro atoms. The van der Waals surface area contributed by atoms with E-state index in [1.807, 2.05) is 0 Å². The zero-order chi connectivity index (χ0) is 12.1. The Morgan fingerprint density at radius 2 is 1.33 bits per heavy atom. The minimum atomic E-state index is -1.07. The number of nitrogens with one attached hydrogen (secondary N) is 1. The number of hydrogen-bond donors (Lipinski definition) is 3. The predicted octanol–water partition coefficient (Wildman–Crippen LogP) is -4.86. The second-order valence-corrected chi connectivity index (χ2v) is 1.94. The third kappa shape index (κ3) is 308. The Bertz CT molecular complexity index is 164. The fraction of sp³-hybridized carbons (Fsp3) is 0.571. The van der Waals surface area contributed by atoms with Gasteiger partial charge in [-0.25, -0.2) is 0 Å². The van der Waals surface area contributed by atoms with Gasteiger partial charge in [-0.2, -0.15) is 0 Å². The summed E-state index contributed by atoms with van der Waals surface area (Å²) in [5, 5.41) is 26.7. The molecule has 0 unspecified atom stereocenters. The van der Waals surface area contributed by atoms with Crippen molar-refractivity contribution in [2.75, 3.05) is 13.6 Å². The topological polar surface area (TPSA) is 127 Å². The monoisotopic (exact) mass is 231 g/mol. The number of aliphatic carboxylic acids is 3. The Balaban J connectivity index is -0.0000000606. The van der Waals surface area contributed by atoms with Crippen molar-refractivity contribution in [3.05, 3.63) is 0 Å². The number of hydrogen-bond acceptors (Lipinski definition) is 5. The molecule has 0 rings (SSSR count). The summed E-state index contributed by atoms with van der Waals surface area (Å²) in [5.41, 5.74) is 0. The number of carboxylic acids is 3. The molecule has 3 N–H and O–H groups in total. The minimum Gasteiger partial charge on any atom is -0.549 e. The van der Waals surface area contributed by atoms with E-state index in [0.29, 0.717) is 0 Å². The number of carboxylic acid groups (broad SMARTS) is 3. The number of likely N-dealkylation sites (N-methyl/N-ethyl adjacent to an activating group) is 1. The molecular formula is C7H14NNaO6. The van der Waals surface area contributed by atoms with E-state index in [1.165, 1.54) is 0 Å². The summed E-state index contributed by atoms with van der Waals surface area (Å²) in [5.74, 6) is -2.74. The Morgan fingerprint density at radius 3 is 1.33 bits per heavy atom. The maximum absolute atomic E-state index is 9.43. The van der Waals surface area contributed by atoms with Gasteiger partial charge < -0.3 is 25.4 Å².